The Balaban J connectivity index is 2.27. The number of hydrogen-bond donors (Lipinski definition) is 1. The van der Waals surface area contributed by atoms with E-state index in [2.05, 4.69) is 0 Å². The van der Waals surface area contributed by atoms with Gasteiger partial charge in [0.2, 0.25) is 5.91 Å². The first-order valence-electron chi connectivity index (χ1n) is 5.82. The third kappa shape index (κ3) is 4.09. The van der Waals surface area contributed by atoms with Gasteiger partial charge in [0.05, 0.1) is 0 Å². The van der Waals surface area contributed by atoms with Crippen molar-refractivity contribution in [2.24, 2.45) is 5.73 Å². The van der Waals surface area contributed by atoms with E-state index in [9.17, 15) is 4.79 Å². The molecule has 2 N–H and O–H groups in total. The monoisotopic (exact) mass is 198 g/mol. The lowest BCUT2D eigenvalue weighted by atomic mass is 10.1. The van der Waals surface area contributed by atoms with Crippen LogP contribution < -0.4 is 5.73 Å². The minimum Gasteiger partial charge on any atom is -0.343 e. The fraction of sp³-hybridized carbons (Fsp3) is 0.909. The van der Waals surface area contributed by atoms with Crippen molar-refractivity contribution in [2.45, 2.75) is 44.9 Å². The number of hydrogen-bond acceptors (Lipinski definition) is 2. The number of nitrogens with two attached hydrogens (primary N) is 1. The number of carbonyl (C=O) groups is 1. The Kier molecular flexibility index (Phi) is 5.60. The number of nitrogens with zero attached hydrogens (tertiary/aromatic N) is 1. The second-order valence-corrected chi connectivity index (χ2v) is 4.04. The Labute approximate surface area is 86.6 Å². The fourth-order valence-electron chi connectivity index (χ4n) is 1.91. The molecule has 0 spiro atoms. The topological polar surface area (TPSA) is 46.3 Å². The molecule has 0 radical (unpaired) electrons. The van der Waals surface area contributed by atoms with Crippen molar-refractivity contribution in [3.05, 3.63) is 0 Å². The third-order valence-electron chi connectivity index (χ3n) is 2.80. The molecule has 0 saturated carbocycles. The quantitative estimate of drug-likeness (QED) is 0.747. The van der Waals surface area contributed by atoms with Gasteiger partial charge in [-0.1, -0.05) is 19.3 Å². The van der Waals surface area contributed by atoms with E-state index in [1.165, 1.54) is 32.1 Å². The second-order valence-electron chi connectivity index (χ2n) is 4.04. The summed E-state index contributed by atoms with van der Waals surface area (Å²) in [5, 5.41) is 0. The highest BCUT2D eigenvalue weighted by molar-refractivity contribution is 5.76. The van der Waals surface area contributed by atoms with Crippen molar-refractivity contribution in [1.29, 1.82) is 0 Å². The van der Waals surface area contributed by atoms with Gasteiger partial charge in [-0.15, -0.1) is 0 Å². The molecule has 1 saturated heterocycles. The summed E-state index contributed by atoms with van der Waals surface area (Å²) in [5.74, 6) is 0.303. The van der Waals surface area contributed by atoms with Crippen molar-refractivity contribution >= 4 is 5.91 Å². The van der Waals surface area contributed by atoms with Crippen LogP contribution in [0.25, 0.3) is 0 Å². The van der Waals surface area contributed by atoms with Gasteiger partial charge in [0.1, 0.15) is 0 Å². The van der Waals surface area contributed by atoms with Gasteiger partial charge in [-0.25, -0.2) is 0 Å². The summed E-state index contributed by atoms with van der Waals surface area (Å²) < 4.78 is 0. The van der Waals surface area contributed by atoms with Crippen LogP contribution in [0.1, 0.15) is 44.9 Å². The van der Waals surface area contributed by atoms with Gasteiger partial charge in [-0.3, -0.25) is 4.79 Å². The fourth-order valence-corrected chi connectivity index (χ4v) is 1.91. The molecular formula is C11H22N2O. The first-order valence-corrected chi connectivity index (χ1v) is 5.82. The Hall–Kier alpha value is -0.570. The highest BCUT2D eigenvalue weighted by Crippen LogP contribution is 2.11. The highest BCUT2D eigenvalue weighted by Gasteiger charge is 2.13. The minimum absolute atomic E-state index is 0.303. The summed E-state index contributed by atoms with van der Waals surface area (Å²) in [6.45, 7) is 2.55. The summed E-state index contributed by atoms with van der Waals surface area (Å²) in [5.41, 5.74) is 5.39. The molecule has 14 heavy (non-hydrogen) atoms. The Morgan fingerprint density at radius 2 is 1.64 bits per heavy atom. The van der Waals surface area contributed by atoms with Gasteiger partial charge in [0.15, 0.2) is 0 Å². The molecule has 0 aromatic carbocycles. The van der Waals surface area contributed by atoms with Crippen LogP contribution in [-0.2, 0) is 4.79 Å². The molecule has 1 heterocycles. The molecular weight excluding hydrogens is 176 g/mol. The van der Waals surface area contributed by atoms with E-state index in [0.717, 1.165) is 19.5 Å². The first kappa shape index (κ1) is 11.5. The predicted octanol–water partition coefficient (Wildman–Crippen LogP) is 1.52. The smallest absolute Gasteiger partial charge is 0.222 e. The van der Waals surface area contributed by atoms with Gasteiger partial charge >= 0.3 is 0 Å². The first-order chi connectivity index (χ1) is 6.84. The van der Waals surface area contributed by atoms with Crippen LogP contribution in [-0.4, -0.2) is 30.4 Å². The molecule has 0 atom stereocenters. The Bertz CT molecular complexity index is 163. The van der Waals surface area contributed by atoms with Gasteiger partial charge in [-0.2, -0.15) is 0 Å². The molecule has 3 heteroatoms. The van der Waals surface area contributed by atoms with Gasteiger partial charge in [0, 0.05) is 19.5 Å². The average Bonchev–Trinajstić information content (AvgIpc) is 2.13. The van der Waals surface area contributed by atoms with E-state index < -0.39 is 0 Å². The Morgan fingerprint density at radius 3 is 2.21 bits per heavy atom. The maximum absolute atomic E-state index is 11.7. The van der Waals surface area contributed by atoms with Gasteiger partial charge in [0.25, 0.3) is 0 Å². The molecule has 1 amide bonds. The lowest BCUT2D eigenvalue weighted by Crippen LogP contribution is -2.33. The molecule has 1 aliphatic heterocycles. The van der Waals surface area contributed by atoms with Crippen molar-refractivity contribution in [3.63, 3.8) is 0 Å². The van der Waals surface area contributed by atoms with Crippen LogP contribution in [0.3, 0.4) is 0 Å². The van der Waals surface area contributed by atoms with Crippen molar-refractivity contribution in [3.8, 4) is 0 Å². The van der Waals surface area contributed by atoms with E-state index >= 15 is 0 Å². The zero-order chi connectivity index (χ0) is 10.2. The van der Waals surface area contributed by atoms with Crippen LogP contribution in [0.15, 0.2) is 0 Å². The van der Waals surface area contributed by atoms with Crippen molar-refractivity contribution < 1.29 is 4.79 Å². The zero-order valence-corrected chi connectivity index (χ0v) is 9.00. The van der Waals surface area contributed by atoms with Crippen molar-refractivity contribution in [2.75, 3.05) is 19.6 Å². The molecule has 1 rings (SSSR count). The number of likely N-dealkylation sites (tertiary alicyclic amines) is 1. The van der Waals surface area contributed by atoms with E-state index in [-0.39, 0.29) is 0 Å². The van der Waals surface area contributed by atoms with E-state index in [1.807, 2.05) is 4.90 Å². The van der Waals surface area contributed by atoms with Crippen LogP contribution in [0.5, 0.6) is 0 Å². The third-order valence-corrected chi connectivity index (χ3v) is 2.80. The van der Waals surface area contributed by atoms with Gasteiger partial charge < -0.3 is 10.6 Å². The van der Waals surface area contributed by atoms with E-state index in [4.69, 9.17) is 5.73 Å². The number of carbonyl (C=O) groups excluding carboxylic acids is 1. The minimum atomic E-state index is 0.303. The zero-order valence-electron chi connectivity index (χ0n) is 9.00. The molecule has 0 aromatic heterocycles. The van der Waals surface area contributed by atoms with E-state index in [0.29, 0.717) is 18.9 Å². The number of amides is 1. The molecule has 1 aliphatic rings. The number of rotatable bonds is 3. The van der Waals surface area contributed by atoms with Crippen LogP contribution in [0, 0.1) is 0 Å². The summed E-state index contributed by atoms with van der Waals surface area (Å²) in [4.78, 5) is 13.7. The second kappa shape index (κ2) is 6.82. The lowest BCUT2D eigenvalue weighted by molar-refractivity contribution is -0.131. The summed E-state index contributed by atoms with van der Waals surface area (Å²) in [7, 11) is 0. The molecule has 0 unspecified atom stereocenters. The molecule has 3 nitrogen and oxygen atoms in total. The summed E-state index contributed by atoms with van der Waals surface area (Å²) in [6, 6.07) is 0. The molecule has 0 aromatic rings. The average molecular weight is 198 g/mol. The Morgan fingerprint density at radius 1 is 1.07 bits per heavy atom. The molecule has 0 bridgehead atoms. The predicted molar refractivity (Wildman–Crippen MR) is 58.0 cm³/mol. The van der Waals surface area contributed by atoms with Crippen LogP contribution in [0.2, 0.25) is 0 Å². The van der Waals surface area contributed by atoms with Gasteiger partial charge in [-0.05, 0) is 25.8 Å². The molecule has 82 valence electrons. The maximum Gasteiger partial charge on any atom is 0.222 e. The standard InChI is InChI=1S/C11H22N2O/c12-8-6-7-11(14)13-9-4-2-1-3-5-10-13/h1-10,12H2. The lowest BCUT2D eigenvalue weighted by Gasteiger charge is -2.24. The molecule has 0 aliphatic carbocycles. The highest BCUT2D eigenvalue weighted by atomic mass is 16.2. The SMILES string of the molecule is NCCCC(=O)N1CCCCCCC1. The normalized spacial score (nSPS) is 18.8. The largest absolute Gasteiger partial charge is 0.343 e. The summed E-state index contributed by atoms with van der Waals surface area (Å²) in [6.07, 6.45) is 7.71. The maximum atomic E-state index is 11.7. The van der Waals surface area contributed by atoms with Crippen LogP contribution in [0.4, 0.5) is 0 Å². The summed E-state index contributed by atoms with van der Waals surface area (Å²) >= 11 is 0. The van der Waals surface area contributed by atoms with Crippen LogP contribution >= 0.6 is 0 Å². The van der Waals surface area contributed by atoms with E-state index in [1.54, 1.807) is 0 Å². The van der Waals surface area contributed by atoms with Crippen molar-refractivity contribution in [1.82, 2.24) is 4.90 Å². The molecule has 1 fully saturated rings.